The van der Waals surface area contributed by atoms with Gasteiger partial charge in [0.05, 0.1) is 0 Å². The Morgan fingerprint density at radius 2 is 2.00 bits per heavy atom. The second-order valence-corrected chi connectivity index (χ2v) is 2.53. The molecule has 0 saturated carbocycles. The number of carbonyl (C=O) groups is 1. The van der Waals surface area contributed by atoms with Crippen molar-refractivity contribution in [3.63, 3.8) is 0 Å². The van der Waals surface area contributed by atoms with Crippen molar-refractivity contribution in [3.8, 4) is 0 Å². The molecule has 0 aromatic rings. The van der Waals surface area contributed by atoms with E-state index in [0.29, 0.717) is 5.76 Å². The minimum atomic E-state index is -0.858. The fraction of sp³-hybridized carbons (Fsp3) is 0.429. The Kier molecular flexibility index (Phi) is 3.58. The van der Waals surface area contributed by atoms with Crippen molar-refractivity contribution in [1.29, 1.82) is 0 Å². The Morgan fingerprint density at radius 1 is 1.45 bits per heavy atom. The summed E-state index contributed by atoms with van der Waals surface area (Å²) in [5.41, 5.74) is 0. The van der Waals surface area contributed by atoms with E-state index in [1.165, 1.54) is 6.08 Å². The Bertz CT molecular complexity index is 196. The molecule has 0 unspecified atom stereocenters. The number of cyclic esters (lactones) is 1. The van der Waals surface area contributed by atoms with Gasteiger partial charge in [-0.3, -0.25) is 4.79 Å². The minimum Gasteiger partial charge on any atom is -0.491 e. The van der Waals surface area contributed by atoms with Crippen LogP contribution < -0.4 is 0 Å². The van der Waals surface area contributed by atoms with E-state index in [-0.39, 0.29) is 32.7 Å². The molecule has 1 radical (unpaired) electrons. The molecule has 0 bridgehead atoms. The first-order valence-electron chi connectivity index (χ1n) is 2.95. The molecule has 0 saturated heterocycles. The van der Waals surface area contributed by atoms with Gasteiger partial charge in [0.15, 0.2) is 0 Å². The van der Waals surface area contributed by atoms with Gasteiger partial charge in [0.1, 0.15) is 0 Å². The molecule has 0 aromatic heterocycles. The van der Waals surface area contributed by atoms with E-state index in [9.17, 15) is 4.79 Å². The van der Waals surface area contributed by atoms with Gasteiger partial charge in [-0.2, -0.15) is 0 Å². The first kappa shape index (κ1) is 11.0. The minimum absolute atomic E-state index is 0. The summed E-state index contributed by atoms with van der Waals surface area (Å²) >= 11 is 0. The predicted octanol–water partition coefficient (Wildman–Crippen LogP) is 1.01. The zero-order valence-electron chi connectivity index (χ0n) is 6.59. The van der Waals surface area contributed by atoms with Crippen molar-refractivity contribution in [1.82, 2.24) is 0 Å². The van der Waals surface area contributed by atoms with Gasteiger partial charge in [-0.25, -0.2) is 6.92 Å². The quantitative estimate of drug-likeness (QED) is 0.460. The Balaban J connectivity index is 0.000001000. The van der Waals surface area contributed by atoms with Gasteiger partial charge in [0.25, 0.3) is 5.97 Å². The maximum absolute atomic E-state index is 10.7. The van der Waals surface area contributed by atoms with E-state index in [1.807, 2.05) is 0 Å². The number of ether oxygens (including phenoxy) is 2. The first-order valence-corrected chi connectivity index (χ1v) is 2.95. The molecule has 11 heavy (non-hydrogen) atoms. The summed E-state index contributed by atoms with van der Waals surface area (Å²) in [4.78, 5) is 10.7. The van der Waals surface area contributed by atoms with Gasteiger partial charge in [-0.05, 0) is 5.76 Å². The van der Waals surface area contributed by atoms with E-state index >= 15 is 0 Å². The van der Waals surface area contributed by atoms with Gasteiger partial charge >= 0.3 is 0 Å². The molecular weight excluding hydrogens is 221 g/mol. The van der Waals surface area contributed by atoms with E-state index < -0.39 is 11.8 Å². The SMILES string of the molecule is [CH2-]C1=CC(=O)OC(C)(C)O1.[Y]. The molecule has 0 fully saturated rings. The van der Waals surface area contributed by atoms with Gasteiger partial charge in [-0.15, -0.1) is 0 Å². The van der Waals surface area contributed by atoms with Crippen molar-refractivity contribution < 1.29 is 47.0 Å². The van der Waals surface area contributed by atoms with Gasteiger partial charge in [0.2, 0.25) is 5.79 Å². The number of carbonyl (C=O) groups excluding carboxylic acids is 1. The largest absolute Gasteiger partial charge is 0.491 e. The molecule has 1 rings (SSSR count). The average Bonchev–Trinajstić information content (AvgIpc) is 1.54. The predicted molar refractivity (Wildman–Crippen MR) is 34.7 cm³/mol. The summed E-state index contributed by atoms with van der Waals surface area (Å²) in [6.45, 7) is 6.79. The molecule has 4 heteroatoms. The van der Waals surface area contributed by atoms with Crippen LogP contribution >= 0.6 is 0 Å². The van der Waals surface area contributed by atoms with Crippen molar-refractivity contribution >= 4 is 5.97 Å². The van der Waals surface area contributed by atoms with Crippen LogP contribution in [0.5, 0.6) is 0 Å². The van der Waals surface area contributed by atoms with Crippen molar-refractivity contribution in [2.24, 2.45) is 0 Å². The third-order valence-corrected chi connectivity index (χ3v) is 1.00. The number of allylic oxidation sites excluding steroid dienone is 1. The summed E-state index contributed by atoms with van der Waals surface area (Å²) in [6, 6.07) is 0. The average molecular weight is 230 g/mol. The molecular formula is C7H9O3Y-. The zero-order valence-corrected chi connectivity index (χ0v) is 9.42. The fourth-order valence-corrected chi connectivity index (χ4v) is 0.769. The normalized spacial score (nSPS) is 20.5. The van der Waals surface area contributed by atoms with Gasteiger partial charge in [-0.1, -0.05) is 6.08 Å². The van der Waals surface area contributed by atoms with Crippen LogP contribution in [0.2, 0.25) is 0 Å². The second kappa shape index (κ2) is 3.59. The van der Waals surface area contributed by atoms with Crippen molar-refractivity contribution in [3.05, 3.63) is 18.8 Å². The number of rotatable bonds is 0. The summed E-state index contributed by atoms with van der Waals surface area (Å²) in [5, 5.41) is 0. The van der Waals surface area contributed by atoms with Crippen LogP contribution in [0, 0.1) is 6.92 Å². The van der Waals surface area contributed by atoms with Crippen LogP contribution in [0.25, 0.3) is 0 Å². The molecule has 1 aliphatic heterocycles. The fourth-order valence-electron chi connectivity index (χ4n) is 0.769. The molecule has 0 aromatic carbocycles. The zero-order chi connectivity index (χ0) is 7.78. The third kappa shape index (κ3) is 3.25. The van der Waals surface area contributed by atoms with E-state index in [4.69, 9.17) is 9.47 Å². The Hall–Kier alpha value is -0.0161. The van der Waals surface area contributed by atoms with E-state index in [2.05, 4.69) is 6.92 Å². The molecule has 0 aliphatic carbocycles. The number of esters is 1. The summed E-state index contributed by atoms with van der Waals surface area (Å²) < 4.78 is 9.82. The van der Waals surface area contributed by atoms with Gasteiger partial charge < -0.3 is 9.47 Å². The molecule has 1 aliphatic rings. The monoisotopic (exact) mass is 230 g/mol. The van der Waals surface area contributed by atoms with Crippen molar-refractivity contribution in [2.45, 2.75) is 19.6 Å². The van der Waals surface area contributed by atoms with Gasteiger partial charge in [0, 0.05) is 46.6 Å². The smallest absolute Gasteiger partial charge is 0.254 e. The summed E-state index contributed by atoms with van der Waals surface area (Å²) in [5.74, 6) is -0.911. The molecule has 59 valence electrons. The summed E-state index contributed by atoms with van der Waals surface area (Å²) in [7, 11) is 0. The molecule has 1 heterocycles. The molecule has 0 amide bonds. The second-order valence-electron chi connectivity index (χ2n) is 2.53. The maximum atomic E-state index is 10.7. The van der Waals surface area contributed by atoms with E-state index in [1.54, 1.807) is 13.8 Å². The summed E-state index contributed by atoms with van der Waals surface area (Å²) in [6.07, 6.45) is 1.21. The van der Waals surface area contributed by atoms with Crippen molar-refractivity contribution in [2.75, 3.05) is 0 Å². The van der Waals surface area contributed by atoms with Crippen LogP contribution in [0.4, 0.5) is 0 Å². The number of hydrogen-bond donors (Lipinski definition) is 0. The molecule has 0 spiro atoms. The third-order valence-electron chi connectivity index (χ3n) is 1.00. The van der Waals surface area contributed by atoms with Crippen LogP contribution in [0.1, 0.15) is 13.8 Å². The number of hydrogen-bond acceptors (Lipinski definition) is 3. The first-order chi connectivity index (χ1) is 4.49. The molecule has 3 nitrogen and oxygen atoms in total. The van der Waals surface area contributed by atoms with Crippen LogP contribution in [0.15, 0.2) is 11.8 Å². The standard InChI is InChI=1S/C7H9O3.Y/c1-5-4-6(8)10-7(2,3)9-5;/h4H,1H2,2-3H3;/q-1;. The van der Waals surface area contributed by atoms with Crippen LogP contribution in [-0.2, 0) is 47.0 Å². The van der Waals surface area contributed by atoms with Crippen LogP contribution in [-0.4, -0.2) is 11.8 Å². The maximum Gasteiger partial charge on any atom is 0.254 e. The topological polar surface area (TPSA) is 35.5 Å². The van der Waals surface area contributed by atoms with E-state index in [0.717, 1.165) is 0 Å². The Labute approximate surface area is 91.0 Å². The molecule has 0 N–H and O–H groups in total. The Morgan fingerprint density at radius 3 is 2.36 bits per heavy atom. The molecule has 0 atom stereocenters. The van der Waals surface area contributed by atoms with Crippen LogP contribution in [0.3, 0.4) is 0 Å².